The van der Waals surface area contributed by atoms with Crippen molar-refractivity contribution < 1.29 is 18.3 Å². The minimum absolute atomic E-state index is 0.0198. The largest absolute Gasteiger partial charge is 0.504 e. The fraction of sp³-hybridized carbons (Fsp3) is 0.0500. The molecule has 146 valence electrons. The molecule has 4 aromatic rings. The molecule has 9 heteroatoms. The normalized spacial score (nSPS) is 12.8. The first-order chi connectivity index (χ1) is 13.9. The predicted molar refractivity (Wildman–Crippen MR) is 110 cm³/mol. The number of sulfonamides is 1. The molecule has 0 saturated heterocycles. The number of ether oxygens (including phenoxy) is 1. The number of hydrogen-bond acceptors (Lipinski definition) is 6. The molecule has 0 aliphatic carbocycles. The monoisotopic (exact) mass is 425 g/mol. The van der Waals surface area contributed by atoms with Gasteiger partial charge in [0.05, 0.1) is 28.7 Å². The van der Waals surface area contributed by atoms with Gasteiger partial charge in [0, 0.05) is 15.4 Å². The zero-order valence-electron chi connectivity index (χ0n) is 15.2. The minimum atomic E-state index is -3.88. The number of benzene rings is 3. The van der Waals surface area contributed by atoms with Gasteiger partial charge in [-0.25, -0.2) is 18.5 Å². The molecule has 0 saturated carbocycles. The highest BCUT2D eigenvalue weighted by Crippen LogP contribution is 2.46. The lowest BCUT2D eigenvalue weighted by molar-refractivity contribution is 0.373. The van der Waals surface area contributed by atoms with E-state index in [0.29, 0.717) is 17.1 Å². The summed E-state index contributed by atoms with van der Waals surface area (Å²) in [6.07, 6.45) is 0. The van der Waals surface area contributed by atoms with Crippen LogP contribution in [0.15, 0.2) is 69.3 Å². The Bertz CT molecular complexity index is 1410. The molecule has 0 atom stereocenters. The van der Waals surface area contributed by atoms with Crippen LogP contribution in [0.4, 0.5) is 0 Å². The highest BCUT2D eigenvalue weighted by molar-refractivity contribution is 7.99. The zero-order chi connectivity index (χ0) is 20.3. The Morgan fingerprint density at radius 2 is 1.90 bits per heavy atom. The van der Waals surface area contributed by atoms with Crippen LogP contribution < -0.4 is 9.88 Å². The fourth-order valence-corrected chi connectivity index (χ4v) is 5.24. The molecule has 0 unspecified atom stereocenters. The van der Waals surface area contributed by atoms with Crippen LogP contribution in [-0.2, 0) is 10.0 Å². The highest BCUT2D eigenvalue weighted by Gasteiger charge is 2.26. The van der Waals surface area contributed by atoms with E-state index < -0.39 is 10.0 Å². The van der Waals surface area contributed by atoms with Crippen molar-refractivity contribution in [3.63, 3.8) is 0 Å². The maximum absolute atomic E-state index is 12.0. The Hall–Kier alpha value is -3.01. The SMILES string of the molecule is COc1cc(-c2nc3cc(S(N)(=O)=O)cc4c3n2-c2ccccc2S4)ccc1O. The number of aromatic hydroxyl groups is 1. The van der Waals surface area contributed by atoms with E-state index in [4.69, 9.17) is 14.9 Å². The lowest BCUT2D eigenvalue weighted by Gasteiger charge is -2.20. The summed E-state index contributed by atoms with van der Waals surface area (Å²) >= 11 is 1.48. The first kappa shape index (κ1) is 18.0. The van der Waals surface area contributed by atoms with Crippen LogP contribution in [0.2, 0.25) is 0 Å². The summed E-state index contributed by atoms with van der Waals surface area (Å²) in [7, 11) is -2.40. The van der Waals surface area contributed by atoms with E-state index in [2.05, 4.69) is 0 Å². The van der Waals surface area contributed by atoms with E-state index in [1.807, 2.05) is 28.8 Å². The molecule has 2 heterocycles. The molecule has 0 spiro atoms. The number of methoxy groups -OCH3 is 1. The average Bonchev–Trinajstić information content (AvgIpc) is 3.08. The first-order valence-corrected chi connectivity index (χ1v) is 11.0. The van der Waals surface area contributed by atoms with E-state index >= 15 is 0 Å². The van der Waals surface area contributed by atoms with Gasteiger partial charge in [-0.1, -0.05) is 23.9 Å². The van der Waals surface area contributed by atoms with Gasteiger partial charge < -0.3 is 9.84 Å². The maximum atomic E-state index is 12.0. The van der Waals surface area contributed by atoms with Gasteiger partial charge in [-0.3, -0.25) is 4.57 Å². The Morgan fingerprint density at radius 1 is 1.10 bits per heavy atom. The van der Waals surface area contributed by atoms with Gasteiger partial charge >= 0.3 is 0 Å². The van der Waals surface area contributed by atoms with Crippen LogP contribution >= 0.6 is 11.8 Å². The number of phenols is 1. The molecule has 5 rings (SSSR count). The molecule has 0 fully saturated rings. The number of fused-ring (bicyclic) bond motifs is 2. The molecule has 29 heavy (non-hydrogen) atoms. The molecule has 1 aliphatic heterocycles. The third-order valence-electron chi connectivity index (χ3n) is 4.78. The van der Waals surface area contributed by atoms with Crippen LogP contribution in [0.25, 0.3) is 28.1 Å². The number of nitrogens with two attached hydrogens (primary N) is 1. The Labute approximate surface area is 170 Å². The molecule has 3 aromatic carbocycles. The Kier molecular flexibility index (Phi) is 3.89. The fourth-order valence-electron chi connectivity index (χ4n) is 3.48. The number of aromatic nitrogens is 2. The van der Waals surface area contributed by atoms with Gasteiger partial charge in [-0.2, -0.15) is 0 Å². The van der Waals surface area contributed by atoms with Gasteiger partial charge in [0.2, 0.25) is 10.0 Å². The lowest BCUT2D eigenvalue weighted by atomic mass is 10.1. The molecule has 3 N–H and O–H groups in total. The Morgan fingerprint density at radius 3 is 2.66 bits per heavy atom. The topological polar surface area (TPSA) is 107 Å². The number of para-hydroxylation sites is 1. The number of hydrogen-bond donors (Lipinski definition) is 2. The summed E-state index contributed by atoms with van der Waals surface area (Å²) in [5.74, 6) is 0.962. The van der Waals surface area contributed by atoms with Crippen molar-refractivity contribution in [3.05, 3.63) is 54.6 Å². The summed E-state index contributed by atoms with van der Waals surface area (Å²) in [6.45, 7) is 0. The number of nitrogens with zero attached hydrogens (tertiary/aromatic N) is 2. The third-order valence-corrected chi connectivity index (χ3v) is 6.77. The first-order valence-electron chi connectivity index (χ1n) is 8.61. The summed E-state index contributed by atoms with van der Waals surface area (Å²) in [5.41, 5.74) is 3.00. The van der Waals surface area contributed by atoms with Gasteiger partial charge in [-0.15, -0.1) is 0 Å². The van der Waals surface area contributed by atoms with Crippen LogP contribution in [-0.4, -0.2) is 30.2 Å². The van der Waals surface area contributed by atoms with Crippen molar-refractivity contribution in [2.75, 3.05) is 7.11 Å². The van der Waals surface area contributed by atoms with E-state index in [1.165, 1.54) is 24.9 Å². The molecule has 1 aromatic heterocycles. The van der Waals surface area contributed by atoms with E-state index in [0.717, 1.165) is 26.6 Å². The molecule has 0 amide bonds. The van der Waals surface area contributed by atoms with Crippen LogP contribution in [0.5, 0.6) is 11.5 Å². The van der Waals surface area contributed by atoms with Crippen LogP contribution in [0, 0.1) is 0 Å². The van der Waals surface area contributed by atoms with E-state index in [9.17, 15) is 13.5 Å². The van der Waals surface area contributed by atoms with Crippen molar-refractivity contribution in [1.29, 1.82) is 0 Å². The second kappa shape index (κ2) is 6.24. The van der Waals surface area contributed by atoms with Crippen molar-refractivity contribution in [2.24, 2.45) is 5.14 Å². The molecule has 0 radical (unpaired) electrons. The number of phenolic OH excluding ortho intramolecular Hbond substituents is 1. The van der Waals surface area contributed by atoms with Gasteiger partial charge in [0.1, 0.15) is 5.82 Å². The van der Waals surface area contributed by atoms with Crippen molar-refractivity contribution in [1.82, 2.24) is 9.55 Å². The standard InChI is InChI=1S/C20H15N3O4S2/c1-27-16-8-11(6-7-15(16)24)20-22-13-9-12(29(21,25)26)10-18-19(13)23(20)14-4-2-3-5-17(14)28-18/h2-10,24H,1H3,(H2,21,25,26). The van der Waals surface area contributed by atoms with Crippen molar-refractivity contribution in [3.8, 4) is 28.6 Å². The second-order valence-corrected chi connectivity index (χ2v) is 9.21. The minimum Gasteiger partial charge on any atom is -0.504 e. The summed E-state index contributed by atoms with van der Waals surface area (Å²) in [4.78, 5) is 6.47. The average molecular weight is 425 g/mol. The Balaban J connectivity index is 1.89. The van der Waals surface area contributed by atoms with Crippen molar-refractivity contribution in [2.45, 2.75) is 14.7 Å². The van der Waals surface area contributed by atoms with Gasteiger partial charge in [-0.05, 0) is 42.5 Å². The molecule has 1 aliphatic rings. The lowest BCUT2D eigenvalue weighted by Crippen LogP contribution is -2.12. The highest BCUT2D eigenvalue weighted by atomic mass is 32.2. The molecular weight excluding hydrogens is 410 g/mol. The van der Waals surface area contributed by atoms with E-state index in [1.54, 1.807) is 24.3 Å². The van der Waals surface area contributed by atoms with Gasteiger partial charge in [0.25, 0.3) is 0 Å². The third kappa shape index (κ3) is 2.78. The zero-order valence-corrected chi connectivity index (χ0v) is 16.8. The van der Waals surface area contributed by atoms with Gasteiger partial charge in [0.15, 0.2) is 11.5 Å². The molecule has 7 nitrogen and oxygen atoms in total. The maximum Gasteiger partial charge on any atom is 0.238 e. The predicted octanol–water partition coefficient (Wildman–Crippen LogP) is 3.52. The van der Waals surface area contributed by atoms with E-state index in [-0.39, 0.29) is 10.6 Å². The van der Waals surface area contributed by atoms with Crippen LogP contribution in [0.3, 0.4) is 0 Å². The second-order valence-electron chi connectivity index (χ2n) is 6.56. The summed E-state index contributed by atoms with van der Waals surface area (Å²) in [6, 6.07) is 15.9. The van der Waals surface area contributed by atoms with Crippen molar-refractivity contribution >= 4 is 32.8 Å². The smallest absolute Gasteiger partial charge is 0.238 e. The quantitative estimate of drug-likeness (QED) is 0.458. The number of rotatable bonds is 3. The molecule has 0 bridgehead atoms. The summed E-state index contributed by atoms with van der Waals surface area (Å²) < 4.78 is 31.2. The number of imidazole rings is 1. The summed E-state index contributed by atoms with van der Waals surface area (Å²) in [5, 5.41) is 15.3. The van der Waals surface area contributed by atoms with Crippen LogP contribution in [0.1, 0.15) is 0 Å². The molecular formula is C20H15N3O4S2. The number of primary sulfonamides is 1.